The first-order chi connectivity index (χ1) is 8.22. The second-order valence-corrected chi connectivity index (χ2v) is 3.82. The van der Waals surface area contributed by atoms with Crippen molar-refractivity contribution in [3.63, 3.8) is 0 Å². The maximum Gasteiger partial charge on any atom is 0.336 e. The second-order valence-electron chi connectivity index (χ2n) is 3.82. The van der Waals surface area contributed by atoms with Crippen molar-refractivity contribution in [1.82, 2.24) is 14.0 Å². The molecule has 1 aromatic carbocycles. The molecule has 2 heterocycles. The van der Waals surface area contributed by atoms with Crippen LogP contribution < -0.4 is 10.4 Å². The van der Waals surface area contributed by atoms with Gasteiger partial charge in [0.15, 0.2) is 0 Å². The van der Waals surface area contributed by atoms with Crippen LogP contribution in [0, 0.1) is 0 Å². The molecule has 0 aliphatic heterocycles. The molecule has 0 aliphatic carbocycles. The van der Waals surface area contributed by atoms with Gasteiger partial charge in [0, 0.05) is 13.1 Å². The summed E-state index contributed by atoms with van der Waals surface area (Å²) in [5, 5.41) is 0. The van der Waals surface area contributed by atoms with Gasteiger partial charge in [-0.05, 0) is 12.1 Å². The number of aromatic nitrogens is 3. The molecule has 3 aromatic rings. The smallest absolute Gasteiger partial charge is 0.336 e. The molecule has 0 N–H and O–H groups in total. The van der Waals surface area contributed by atoms with E-state index in [1.54, 1.807) is 17.5 Å². The molecule has 3 rings (SSSR count). The summed E-state index contributed by atoms with van der Waals surface area (Å²) in [6, 6.07) is 9.30. The Hall–Kier alpha value is -2.30. The van der Waals surface area contributed by atoms with Crippen LogP contribution >= 0.6 is 0 Å². The van der Waals surface area contributed by atoms with E-state index in [0.29, 0.717) is 11.5 Å². The predicted molar refractivity (Wildman–Crippen MR) is 64.5 cm³/mol. The van der Waals surface area contributed by atoms with Gasteiger partial charge in [-0.15, -0.1) is 0 Å². The van der Waals surface area contributed by atoms with Gasteiger partial charge >= 0.3 is 5.69 Å². The predicted octanol–water partition coefficient (Wildman–Crippen LogP) is 1.19. The summed E-state index contributed by atoms with van der Waals surface area (Å²) >= 11 is 0. The minimum absolute atomic E-state index is 0.159. The first-order valence-electron chi connectivity index (χ1n) is 5.23. The van der Waals surface area contributed by atoms with E-state index in [9.17, 15) is 4.79 Å². The summed E-state index contributed by atoms with van der Waals surface area (Å²) in [6.45, 7) is 0. The Bertz CT molecular complexity index is 770. The lowest BCUT2D eigenvalue weighted by atomic mass is 10.3. The minimum atomic E-state index is -0.159. The first-order valence-corrected chi connectivity index (χ1v) is 5.23. The van der Waals surface area contributed by atoms with E-state index in [-0.39, 0.29) is 5.69 Å². The van der Waals surface area contributed by atoms with Crippen LogP contribution in [-0.2, 0) is 7.05 Å². The van der Waals surface area contributed by atoms with Crippen LogP contribution in [0.5, 0.6) is 5.88 Å². The Balaban J connectivity index is 2.59. The second kappa shape index (κ2) is 3.35. The maximum absolute atomic E-state index is 12.2. The molecule has 0 saturated heterocycles. The zero-order chi connectivity index (χ0) is 12.0. The van der Waals surface area contributed by atoms with Gasteiger partial charge in [-0.1, -0.05) is 12.1 Å². The van der Waals surface area contributed by atoms with Gasteiger partial charge < -0.3 is 4.74 Å². The van der Waals surface area contributed by atoms with Gasteiger partial charge in [-0.2, -0.15) is 0 Å². The molecule has 0 saturated carbocycles. The zero-order valence-electron chi connectivity index (χ0n) is 9.54. The largest absolute Gasteiger partial charge is 0.482 e. The highest BCUT2D eigenvalue weighted by atomic mass is 16.5. The summed E-state index contributed by atoms with van der Waals surface area (Å²) < 4.78 is 8.18. The van der Waals surface area contributed by atoms with Gasteiger partial charge in [-0.3, -0.25) is 4.57 Å². The number of methoxy groups -OCH3 is 1. The van der Waals surface area contributed by atoms with Gasteiger partial charge in [0.1, 0.15) is 5.65 Å². The van der Waals surface area contributed by atoms with Crippen LogP contribution in [-0.4, -0.2) is 21.1 Å². The summed E-state index contributed by atoms with van der Waals surface area (Å²) in [6.07, 6.45) is 0. The first kappa shape index (κ1) is 9.89. The molecule has 0 aliphatic rings. The highest BCUT2D eigenvalue weighted by Gasteiger charge is 2.10. The molecule has 0 fully saturated rings. The summed E-state index contributed by atoms with van der Waals surface area (Å²) in [5.74, 6) is 0.498. The normalized spacial score (nSPS) is 11.2. The molecule has 2 aromatic heterocycles. The van der Waals surface area contributed by atoms with Crippen molar-refractivity contribution >= 4 is 16.7 Å². The third-order valence-electron chi connectivity index (χ3n) is 2.86. The van der Waals surface area contributed by atoms with E-state index < -0.39 is 0 Å². The molecule has 0 atom stereocenters. The zero-order valence-corrected chi connectivity index (χ0v) is 9.54. The van der Waals surface area contributed by atoms with E-state index in [4.69, 9.17) is 4.74 Å². The number of rotatable bonds is 1. The fraction of sp³-hybridized carbons (Fsp3) is 0.167. The fourth-order valence-electron chi connectivity index (χ4n) is 1.99. The maximum atomic E-state index is 12.2. The third kappa shape index (κ3) is 1.25. The van der Waals surface area contributed by atoms with Crippen molar-refractivity contribution in [2.75, 3.05) is 7.11 Å². The molecule has 17 heavy (non-hydrogen) atoms. The molecular weight excluding hydrogens is 218 g/mol. The molecule has 0 unspecified atom stereocenters. The van der Waals surface area contributed by atoms with E-state index >= 15 is 0 Å². The average molecular weight is 229 g/mol. The van der Waals surface area contributed by atoms with Crippen molar-refractivity contribution in [2.24, 2.45) is 7.05 Å². The third-order valence-corrected chi connectivity index (χ3v) is 2.86. The van der Waals surface area contributed by atoms with Gasteiger partial charge in [-0.25, -0.2) is 14.2 Å². The summed E-state index contributed by atoms with van der Waals surface area (Å²) in [4.78, 5) is 16.6. The number of hydrogen-bond acceptors (Lipinski definition) is 3. The highest BCUT2D eigenvalue weighted by Crippen LogP contribution is 2.17. The van der Waals surface area contributed by atoms with Crippen molar-refractivity contribution < 1.29 is 4.74 Å². The number of hydrogen-bond donors (Lipinski definition) is 0. The van der Waals surface area contributed by atoms with Gasteiger partial charge in [0.2, 0.25) is 5.88 Å². The number of para-hydroxylation sites is 2. The monoisotopic (exact) mass is 229 g/mol. The van der Waals surface area contributed by atoms with Crippen LogP contribution in [0.2, 0.25) is 0 Å². The molecule has 5 nitrogen and oxygen atoms in total. The number of ether oxygens (including phenoxy) is 1. The molecule has 0 spiro atoms. The van der Waals surface area contributed by atoms with Crippen molar-refractivity contribution in [1.29, 1.82) is 0 Å². The highest BCUT2D eigenvalue weighted by molar-refractivity contribution is 5.80. The molecule has 0 amide bonds. The van der Waals surface area contributed by atoms with E-state index in [1.807, 2.05) is 24.3 Å². The van der Waals surface area contributed by atoms with E-state index in [2.05, 4.69) is 4.98 Å². The lowest BCUT2D eigenvalue weighted by Gasteiger charge is -2.06. The van der Waals surface area contributed by atoms with Crippen LogP contribution in [0.4, 0.5) is 0 Å². The average Bonchev–Trinajstić information content (AvgIpc) is 2.72. The fourth-order valence-corrected chi connectivity index (χ4v) is 1.99. The van der Waals surface area contributed by atoms with Crippen molar-refractivity contribution in [3.8, 4) is 5.88 Å². The Kier molecular flexibility index (Phi) is 1.95. The van der Waals surface area contributed by atoms with Crippen LogP contribution in [0.15, 0.2) is 35.1 Å². The van der Waals surface area contributed by atoms with Gasteiger partial charge in [0.25, 0.3) is 0 Å². The summed E-state index contributed by atoms with van der Waals surface area (Å²) in [7, 11) is 3.21. The molecule has 5 heteroatoms. The van der Waals surface area contributed by atoms with Crippen molar-refractivity contribution in [2.45, 2.75) is 0 Å². The van der Waals surface area contributed by atoms with Crippen LogP contribution in [0.25, 0.3) is 16.7 Å². The molecular formula is C12H11N3O2. The van der Waals surface area contributed by atoms with Crippen LogP contribution in [0.3, 0.4) is 0 Å². The lowest BCUT2D eigenvalue weighted by Crippen LogP contribution is -2.24. The molecule has 0 bridgehead atoms. The minimum Gasteiger partial charge on any atom is -0.482 e. The Labute approximate surface area is 96.9 Å². The molecule has 86 valence electrons. The Morgan fingerprint density at radius 2 is 2.06 bits per heavy atom. The SMILES string of the molecule is COc1cc2nc3ccccc3n2c(=O)n1C. The number of fused-ring (bicyclic) bond motifs is 3. The van der Waals surface area contributed by atoms with Crippen LogP contribution in [0.1, 0.15) is 0 Å². The van der Waals surface area contributed by atoms with Crippen molar-refractivity contribution in [3.05, 3.63) is 40.8 Å². The number of imidazole rings is 1. The number of benzene rings is 1. The van der Waals surface area contributed by atoms with Gasteiger partial charge in [0.05, 0.1) is 18.1 Å². The summed E-state index contributed by atoms with van der Waals surface area (Å²) in [5.41, 5.74) is 2.06. The lowest BCUT2D eigenvalue weighted by molar-refractivity contribution is 0.373. The Morgan fingerprint density at radius 1 is 1.29 bits per heavy atom. The number of nitrogens with zero attached hydrogens (tertiary/aromatic N) is 3. The molecule has 0 radical (unpaired) electrons. The topological polar surface area (TPSA) is 48.5 Å². The standard InChI is InChI=1S/C12H11N3O2/c1-14-11(17-2)7-10-13-8-5-3-4-6-9(8)15(10)12(14)16/h3-7H,1-2H3. The van der Waals surface area contributed by atoms with E-state index in [1.165, 1.54) is 11.7 Å². The van der Waals surface area contributed by atoms with E-state index in [0.717, 1.165) is 11.0 Å². The Morgan fingerprint density at radius 3 is 2.82 bits per heavy atom. The quantitative estimate of drug-likeness (QED) is 0.630.